The van der Waals surface area contributed by atoms with Gasteiger partial charge in [-0.1, -0.05) is 12.8 Å². The van der Waals surface area contributed by atoms with E-state index in [1.54, 1.807) is 0 Å². The maximum Gasteiger partial charge on any atom is 0.301 e. The molecule has 0 unspecified atom stereocenters. The molecule has 1 amide bonds. The average molecular weight is 240 g/mol. The first-order valence-corrected chi connectivity index (χ1v) is 6.55. The number of carbonyl (C=O) groups excluding carboxylic acids is 1. The van der Waals surface area contributed by atoms with Crippen LogP contribution in [0.1, 0.15) is 41.8 Å². The molecular formula is C11H16N2O2S. The molecule has 0 saturated heterocycles. The highest BCUT2D eigenvalue weighted by molar-refractivity contribution is 7.99. The molecule has 2 rings (SSSR count). The Balaban J connectivity index is 1.93. The number of rotatable bonds is 4. The van der Waals surface area contributed by atoms with Gasteiger partial charge in [-0.3, -0.25) is 10.2 Å². The van der Waals surface area contributed by atoms with Gasteiger partial charge in [-0.25, -0.2) is 5.84 Å². The van der Waals surface area contributed by atoms with Gasteiger partial charge in [-0.2, -0.15) is 11.8 Å². The molecule has 0 aromatic carbocycles. The molecule has 0 aliphatic heterocycles. The summed E-state index contributed by atoms with van der Waals surface area (Å²) in [6.45, 7) is 0. The van der Waals surface area contributed by atoms with E-state index in [-0.39, 0.29) is 5.91 Å². The predicted molar refractivity (Wildman–Crippen MR) is 63.9 cm³/mol. The van der Waals surface area contributed by atoms with Gasteiger partial charge in [-0.15, -0.1) is 0 Å². The summed E-state index contributed by atoms with van der Waals surface area (Å²) >= 11 is 1.90. The first-order valence-electron chi connectivity index (χ1n) is 5.50. The fourth-order valence-electron chi connectivity index (χ4n) is 1.98. The predicted octanol–water partition coefficient (Wildman–Crippen LogP) is 2.06. The number of hydrogen-bond donors (Lipinski definition) is 2. The van der Waals surface area contributed by atoms with Gasteiger partial charge in [0.1, 0.15) is 0 Å². The van der Waals surface area contributed by atoms with Crippen molar-refractivity contribution >= 4 is 17.7 Å². The number of furan rings is 1. The summed E-state index contributed by atoms with van der Waals surface area (Å²) in [5, 5.41) is 0.740. The van der Waals surface area contributed by atoms with E-state index in [1.807, 2.05) is 17.8 Å². The lowest BCUT2D eigenvalue weighted by atomic mass is 10.3. The smallest absolute Gasteiger partial charge is 0.301 e. The number of carbonyl (C=O) groups is 1. The number of nitrogen functional groups attached to an aromatic ring is 1. The number of hydrogen-bond acceptors (Lipinski definition) is 4. The van der Waals surface area contributed by atoms with Crippen molar-refractivity contribution in [3.63, 3.8) is 0 Å². The van der Waals surface area contributed by atoms with Crippen molar-refractivity contribution in [2.24, 2.45) is 5.84 Å². The van der Waals surface area contributed by atoms with Crippen LogP contribution in [0.5, 0.6) is 0 Å². The molecule has 1 aromatic rings. The van der Waals surface area contributed by atoms with Crippen LogP contribution in [0.15, 0.2) is 16.7 Å². The Morgan fingerprint density at radius 2 is 2.31 bits per heavy atom. The van der Waals surface area contributed by atoms with Gasteiger partial charge in [0.05, 0.1) is 6.26 Å². The SMILES string of the molecule is NNC(=O)c1occc1CSC1CCCC1. The quantitative estimate of drug-likeness (QED) is 0.480. The number of nitrogens with two attached hydrogens (primary N) is 1. The van der Waals surface area contributed by atoms with Crippen LogP contribution < -0.4 is 11.3 Å². The third-order valence-corrected chi connectivity index (χ3v) is 4.28. The lowest BCUT2D eigenvalue weighted by Gasteiger charge is -2.07. The van der Waals surface area contributed by atoms with Crippen LogP contribution in [-0.2, 0) is 5.75 Å². The number of thioether (sulfide) groups is 1. The Bertz CT molecular complexity index is 359. The summed E-state index contributed by atoms with van der Waals surface area (Å²) in [4.78, 5) is 11.4. The van der Waals surface area contributed by atoms with E-state index in [2.05, 4.69) is 5.43 Å². The Hall–Kier alpha value is -0.940. The zero-order valence-electron chi connectivity index (χ0n) is 9.07. The molecule has 1 fully saturated rings. The fraction of sp³-hybridized carbons (Fsp3) is 0.545. The Kier molecular flexibility index (Phi) is 3.90. The van der Waals surface area contributed by atoms with Crippen molar-refractivity contribution in [2.45, 2.75) is 36.7 Å². The summed E-state index contributed by atoms with van der Waals surface area (Å²) in [5.41, 5.74) is 3.02. The van der Waals surface area contributed by atoms with E-state index in [4.69, 9.17) is 10.3 Å². The lowest BCUT2D eigenvalue weighted by molar-refractivity contribution is 0.0925. The van der Waals surface area contributed by atoms with Gasteiger partial charge in [0.25, 0.3) is 0 Å². The Morgan fingerprint density at radius 1 is 1.56 bits per heavy atom. The summed E-state index contributed by atoms with van der Waals surface area (Å²) in [6, 6.07) is 1.84. The van der Waals surface area contributed by atoms with Crippen LogP contribution in [0.4, 0.5) is 0 Å². The van der Waals surface area contributed by atoms with Crippen LogP contribution in [0.2, 0.25) is 0 Å². The molecule has 1 heterocycles. The monoisotopic (exact) mass is 240 g/mol. The highest BCUT2D eigenvalue weighted by Gasteiger charge is 2.18. The van der Waals surface area contributed by atoms with Gasteiger partial charge < -0.3 is 4.42 Å². The van der Waals surface area contributed by atoms with Crippen molar-refractivity contribution in [3.8, 4) is 0 Å². The lowest BCUT2D eigenvalue weighted by Crippen LogP contribution is -2.30. The summed E-state index contributed by atoms with van der Waals surface area (Å²) in [6.07, 6.45) is 6.79. The molecule has 5 heteroatoms. The summed E-state index contributed by atoms with van der Waals surface area (Å²) in [5.74, 6) is 5.89. The minimum atomic E-state index is -0.355. The zero-order valence-corrected chi connectivity index (χ0v) is 9.89. The second-order valence-electron chi connectivity index (χ2n) is 3.97. The Labute approximate surface area is 98.9 Å². The summed E-state index contributed by atoms with van der Waals surface area (Å²) in [7, 11) is 0. The standard InChI is InChI=1S/C11H16N2O2S/c12-13-11(14)10-8(5-6-15-10)7-16-9-3-1-2-4-9/h5-6,9H,1-4,7,12H2,(H,13,14). The van der Waals surface area contributed by atoms with Crippen LogP contribution in [0.3, 0.4) is 0 Å². The van der Waals surface area contributed by atoms with E-state index in [1.165, 1.54) is 31.9 Å². The topological polar surface area (TPSA) is 68.3 Å². The van der Waals surface area contributed by atoms with Gasteiger partial charge in [0, 0.05) is 16.6 Å². The third kappa shape index (κ3) is 2.59. The maximum absolute atomic E-state index is 11.4. The van der Waals surface area contributed by atoms with Crippen molar-refractivity contribution < 1.29 is 9.21 Å². The average Bonchev–Trinajstić information content (AvgIpc) is 2.96. The molecule has 4 nitrogen and oxygen atoms in total. The van der Waals surface area contributed by atoms with Gasteiger partial charge in [-0.05, 0) is 18.9 Å². The highest BCUT2D eigenvalue weighted by atomic mass is 32.2. The molecule has 1 aliphatic rings. The van der Waals surface area contributed by atoms with E-state index in [0.29, 0.717) is 5.76 Å². The van der Waals surface area contributed by atoms with Gasteiger partial charge >= 0.3 is 5.91 Å². The van der Waals surface area contributed by atoms with Crippen LogP contribution in [-0.4, -0.2) is 11.2 Å². The van der Waals surface area contributed by atoms with Crippen LogP contribution in [0.25, 0.3) is 0 Å². The highest BCUT2D eigenvalue weighted by Crippen LogP contribution is 2.32. The number of nitrogens with one attached hydrogen (secondary N) is 1. The first-order chi connectivity index (χ1) is 7.81. The van der Waals surface area contributed by atoms with Crippen LogP contribution in [0, 0.1) is 0 Å². The second kappa shape index (κ2) is 5.41. The van der Waals surface area contributed by atoms with E-state index >= 15 is 0 Å². The van der Waals surface area contributed by atoms with Crippen molar-refractivity contribution in [1.29, 1.82) is 0 Å². The molecule has 0 atom stereocenters. The van der Waals surface area contributed by atoms with Gasteiger partial charge in [0.2, 0.25) is 0 Å². The molecule has 1 saturated carbocycles. The normalized spacial score (nSPS) is 16.6. The third-order valence-electron chi connectivity index (χ3n) is 2.86. The van der Waals surface area contributed by atoms with Crippen LogP contribution >= 0.6 is 11.8 Å². The zero-order chi connectivity index (χ0) is 11.4. The van der Waals surface area contributed by atoms with Crippen molar-refractivity contribution in [1.82, 2.24) is 5.43 Å². The van der Waals surface area contributed by atoms with E-state index in [0.717, 1.165) is 16.6 Å². The molecule has 88 valence electrons. The van der Waals surface area contributed by atoms with Crippen molar-refractivity contribution in [3.05, 3.63) is 23.7 Å². The fourth-order valence-corrected chi connectivity index (χ4v) is 3.29. The molecular weight excluding hydrogens is 224 g/mol. The maximum atomic E-state index is 11.4. The molecule has 3 N–H and O–H groups in total. The largest absolute Gasteiger partial charge is 0.459 e. The molecule has 0 spiro atoms. The number of amides is 1. The van der Waals surface area contributed by atoms with E-state index < -0.39 is 0 Å². The molecule has 0 bridgehead atoms. The van der Waals surface area contributed by atoms with E-state index in [9.17, 15) is 4.79 Å². The number of hydrazine groups is 1. The summed E-state index contributed by atoms with van der Waals surface area (Å²) < 4.78 is 5.13. The Morgan fingerprint density at radius 3 is 3.00 bits per heavy atom. The molecule has 16 heavy (non-hydrogen) atoms. The molecule has 1 aromatic heterocycles. The minimum absolute atomic E-state index is 0.341. The minimum Gasteiger partial charge on any atom is -0.459 e. The van der Waals surface area contributed by atoms with Crippen molar-refractivity contribution in [2.75, 3.05) is 0 Å². The second-order valence-corrected chi connectivity index (χ2v) is 5.25. The van der Waals surface area contributed by atoms with Gasteiger partial charge in [0.15, 0.2) is 5.76 Å². The molecule has 0 radical (unpaired) electrons. The first kappa shape index (κ1) is 11.5. The molecule has 1 aliphatic carbocycles.